The van der Waals surface area contributed by atoms with Crippen molar-refractivity contribution < 1.29 is 4.79 Å². The lowest BCUT2D eigenvalue weighted by molar-refractivity contribution is -0.123. The van der Waals surface area contributed by atoms with Gasteiger partial charge in [0.1, 0.15) is 0 Å². The number of aryl methyl sites for hydroxylation is 1. The second-order valence-corrected chi connectivity index (χ2v) is 5.48. The molecule has 5 heteroatoms. The third-order valence-corrected chi connectivity index (χ3v) is 4.42. The van der Waals surface area contributed by atoms with Crippen LogP contribution in [0.1, 0.15) is 30.5 Å². The maximum atomic E-state index is 12.2. The number of hydrogen-bond acceptors (Lipinski definition) is 3. The topological polar surface area (TPSA) is 69.8 Å². The van der Waals surface area contributed by atoms with Gasteiger partial charge in [-0.05, 0) is 38.1 Å². The highest BCUT2D eigenvalue weighted by Crippen LogP contribution is 2.37. The van der Waals surface area contributed by atoms with Crippen molar-refractivity contribution in [3.05, 3.63) is 17.5 Å². The minimum Gasteiger partial charge on any atom is -0.351 e. The number of hydrogen-bond donors (Lipinski definition) is 3. The molecule has 1 saturated heterocycles. The molecule has 0 radical (unpaired) electrons. The van der Waals surface area contributed by atoms with E-state index < -0.39 is 0 Å². The van der Waals surface area contributed by atoms with E-state index in [1.54, 1.807) is 6.20 Å². The third-order valence-electron chi connectivity index (χ3n) is 4.42. The average molecular weight is 248 g/mol. The first-order chi connectivity index (χ1) is 8.75. The van der Waals surface area contributed by atoms with Crippen LogP contribution < -0.4 is 10.6 Å². The van der Waals surface area contributed by atoms with Gasteiger partial charge < -0.3 is 10.6 Å². The summed E-state index contributed by atoms with van der Waals surface area (Å²) in [6.45, 7) is 3.54. The quantitative estimate of drug-likeness (QED) is 0.738. The fraction of sp³-hybridized carbons (Fsp3) is 0.692. The van der Waals surface area contributed by atoms with Crippen molar-refractivity contribution in [2.24, 2.45) is 11.8 Å². The highest BCUT2D eigenvalue weighted by molar-refractivity contribution is 5.82. The molecule has 3 N–H and O–H groups in total. The van der Waals surface area contributed by atoms with Crippen LogP contribution in [0.15, 0.2) is 6.20 Å². The van der Waals surface area contributed by atoms with Gasteiger partial charge in [0.2, 0.25) is 5.91 Å². The number of amides is 1. The first-order valence-electron chi connectivity index (χ1n) is 6.75. The smallest absolute Gasteiger partial charge is 0.237 e. The van der Waals surface area contributed by atoms with Crippen molar-refractivity contribution in [1.29, 1.82) is 0 Å². The molecule has 98 valence electrons. The Labute approximate surface area is 107 Å². The lowest BCUT2D eigenvalue weighted by Gasteiger charge is -2.17. The van der Waals surface area contributed by atoms with Crippen LogP contribution in [0.3, 0.4) is 0 Å². The number of aromatic amines is 1. The van der Waals surface area contributed by atoms with Crippen LogP contribution in [0, 0.1) is 18.8 Å². The molecular weight excluding hydrogens is 228 g/mol. The predicted molar refractivity (Wildman–Crippen MR) is 67.8 cm³/mol. The Bertz CT molecular complexity index is 442. The normalized spacial score (nSPS) is 30.4. The van der Waals surface area contributed by atoms with Gasteiger partial charge in [0, 0.05) is 17.8 Å². The summed E-state index contributed by atoms with van der Waals surface area (Å²) in [5, 5.41) is 13.2. The maximum absolute atomic E-state index is 12.2. The van der Waals surface area contributed by atoms with Gasteiger partial charge in [0.25, 0.3) is 0 Å². The van der Waals surface area contributed by atoms with E-state index in [9.17, 15) is 4.79 Å². The molecule has 1 aliphatic heterocycles. The Balaban J connectivity index is 1.57. The summed E-state index contributed by atoms with van der Waals surface area (Å²) in [6.07, 6.45) is 5.53. The molecule has 3 unspecified atom stereocenters. The van der Waals surface area contributed by atoms with Gasteiger partial charge in [-0.25, -0.2) is 0 Å². The first kappa shape index (κ1) is 11.7. The second-order valence-electron chi connectivity index (χ2n) is 5.48. The van der Waals surface area contributed by atoms with E-state index in [-0.39, 0.29) is 11.9 Å². The van der Waals surface area contributed by atoms with Crippen molar-refractivity contribution in [3.8, 4) is 0 Å². The van der Waals surface area contributed by atoms with Gasteiger partial charge >= 0.3 is 0 Å². The van der Waals surface area contributed by atoms with Crippen molar-refractivity contribution >= 4 is 5.91 Å². The van der Waals surface area contributed by atoms with Crippen LogP contribution in [-0.4, -0.2) is 28.7 Å². The molecule has 3 rings (SSSR count). The standard InChI is InChI=1S/C13H20N4O/c1-8-10(7-16-17-8)6-15-13(18)12-11-4-2-3-9(11)5-14-12/h7,9,11-12,14H,2-6H2,1H3,(H,15,18)(H,16,17). The molecule has 0 bridgehead atoms. The number of rotatable bonds is 3. The van der Waals surface area contributed by atoms with Crippen molar-refractivity contribution in [2.75, 3.05) is 6.54 Å². The highest BCUT2D eigenvalue weighted by Gasteiger charge is 2.42. The molecule has 2 heterocycles. The lowest BCUT2D eigenvalue weighted by atomic mass is 9.93. The van der Waals surface area contributed by atoms with E-state index in [0.29, 0.717) is 12.5 Å². The summed E-state index contributed by atoms with van der Waals surface area (Å²) in [7, 11) is 0. The van der Waals surface area contributed by atoms with Crippen LogP contribution in [0.5, 0.6) is 0 Å². The SMILES string of the molecule is Cc1[nH]ncc1CNC(=O)C1NCC2CCCC21. The molecule has 2 aliphatic rings. The number of nitrogens with zero attached hydrogens (tertiary/aromatic N) is 1. The molecule has 0 spiro atoms. The van der Waals surface area contributed by atoms with Crippen LogP contribution in [0.2, 0.25) is 0 Å². The zero-order valence-electron chi connectivity index (χ0n) is 10.7. The van der Waals surface area contributed by atoms with Crippen LogP contribution in [0.25, 0.3) is 0 Å². The van der Waals surface area contributed by atoms with Crippen molar-refractivity contribution in [2.45, 2.75) is 38.8 Å². The maximum Gasteiger partial charge on any atom is 0.237 e. The number of aromatic nitrogens is 2. The molecule has 5 nitrogen and oxygen atoms in total. The van der Waals surface area contributed by atoms with E-state index >= 15 is 0 Å². The molecule has 0 aromatic carbocycles. The summed E-state index contributed by atoms with van der Waals surface area (Å²) in [6, 6.07) is 0.0182. The van der Waals surface area contributed by atoms with Gasteiger partial charge in [0.05, 0.1) is 12.2 Å². The number of nitrogens with one attached hydrogen (secondary N) is 3. The minimum atomic E-state index is 0.0182. The van der Waals surface area contributed by atoms with Crippen LogP contribution in [0.4, 0.5) is 0 Å². The van der Waals surface area contributed by atoms with Gasteiger partial charge in [-0.3, -0.25) is 9.89 Å². The molecule has 1 amide bonds. The van der Waals surface area contributed by atoms with Crippen LogP contribution >= 0.6 is 0 Å². The molecule has 3 atom stereocenters. The van der Waals surface area contributed by atoms with E-state index in [2.05, 4.69) is 20.8 Å². The second kappa shape index (κ2) is 4.72. The fourth-order valence-electron chi connectivity index (χ4n) is 3.32. The molecule has 1 aliphatic carbocycles. The Hall–Kier alpha value is -1.36. The largest absolute Gasteiger partial charge is 0.351 e. The lowest BCUT2D eigenvalue weighted by Crippen LogP contribution is -2.43. The summed E-state index contributed by atoms with van der Waals surface area (Å²) in [4.78, 5) is 12.2. The zero-order valence-corrected chi connectivity index (χ0v) is 10.7. The van der Waals surface area contributed by atoms with Gasteiger partial charge in [-0.15, -0.1) is 0 Å². The van der Waals surface area contributed by atoms with E-state index in [1.807, 2.05) is 6.92 Å². The molecule has 1 aromatic rings. The van der Waals surface area contributed by atoms with Crippen molar-refractivity contribution in [3.63, 3.8) is 0 Å². The first-order valence-corrected chi connectivity index (χ1v) is 6.75. The van der Waals surface area contributed by atoms with Gasteiger partial charge in [-0.2, -0.15) is 5.10 Å². The predicted octanol–water partition coefficient (Wildman–Crippen LogP) is 0.722. The summed E-state index contributed by atoms with van der Waals surface area (Å²) < 4.78 is 0. The van der Waals surface area contributed by atoms with Crippen LogP contribution in [-0.2, 0) is 11.3 Å². The molecule has 1 aromatic heterocycles. The van der Waals surface area contributed by atoms with Crippen molar-refractivity contribution in [1.82, 2.24) is 20.8 Å². The number of carbonyl (C=O) groups excluding carboxylic acids is 1. The summed E-state index contributed by atoms with van der Waals surface area (Å²) >= 11 is 0. The van der Waals surface area contributed by atoms with E-state index in [1.165, 1.54) is 19.3 Å². The Kier molecular flexibility index (Phi) is 3.07. The van der Waals surface area contributed by atoms with E-state index in [4.69, 9.17) is 0 Å². The highest BCUT2D eigenvalue weighted by atomic mass is 16.2. The molecule has 1 saturated carbocycles. The monoisotopic (exact) mass is 248 g/mol. The third kappa shape index (κ3) is 2.03. The fourth-order valence-corrected chi connectivity index (χ4v) is 3.32. The van der Waals surface area contributed by atoms with Gasteiger partial charge in [0.15, 0.2) is 0 Å². The number of H-pyrrole nitrogens is 1. The van der Waals surface area contributed by atoms with E-state index in [0.717, 1.165) is 23.7 Å². The Morgan fingerprint density at radius 3 is 3.22 bits per heavy atom. The summed E-state index contributed by atoms with van der Waals surface area (Å²) in [5.41, 5.74) is 2.08. The minimum absolute atomic E-state index is 0.0182. The molecule has 18 heavy (non-hydrogen) atoms. The zero-order chi connectivity index (χ0) is 12.5. The molecule has 2 fully saturated rings. The average Bonchev–Trinajstić information content (AvgIpc) is 3.01. The molecular formula is C13H20N4O. The number of fused-ring (bicyclic) bond motifs is 1. The van der Waals surface area contributed by atoms with Gasteiger partial charge in [-0.1, -0.05) is 6.42 Å². The summed E-state index contributed by atoms with van der Waals surface area (Å²) in [5.74, 6) is 1.41. The Morgan fingerprint density at radius 2 is 2.44 bits per heavy atom. The Morgan fingerprint density at radius 1 is 1.56 bits per heavy atom. The number of carbonyl (C=O) groups is 1.